The Kier molecular flexibility index (Phi) is 6.02. The summed E-state index contributed by atoms with van der Waals surface area (Å²) in [5.41, 5.74) is 1.46. The lowest BCUT2D eigenvalue weighted by Gasteiger charge is -2.34. The number of fused-ring (bicyclic) bond motifs is 1. The maximum atomic E-state index is 12.4. The number of nitro benzene ring substituents is 1. The monoisotopic (exact) mass is 404 g/mol. The van der Waals surface area contributed by atoms with Crippen LogP contribution in [0.2, 0.25) is 0 Å². The first kappa shape index (κ1) is 20.0. The Bertz CT molecular complexity index is 1060. The molecule has 1 aliphatic heterocycles. The van der Waals surface area contributed by atoms with E-state index in [0.717, 1.165) is 32.7 Å². The number of hydrogen-bond acceptors (Lipinski definition) is 5. The molecule has 3 aromatic rings. The third kappa shape index (κ3) is 4.64. The van der Waals surface area contributed by atoms with Gasteiger partial charge in [0.25, 0.3) is 5.69 Å². The number of piperazine rings is 1. The first-order chi connectivity index (χ1) is 14.6. The molecule has 1 heterocycles. The molecule has 1 fully saturated rings. The maximum absolute atomic E-state index is 12.4. The van der Waals surface area contributed by atoms with Gasteiger partial charge in [-0.05, 0) is 22.4 Å². The molecule has 0 saturated carbocycles. The SMILES string of the molecule is O=C(CN1CCN(Cc2cccc3ccccc23)CC1)Nc1ccccc1[N+](=O)[O-]. The number of benzene rings is 3. The molecule has 0 atom stereocenters. The van der Waals surface area contributed by atoms with Crippen molar-refractivity contribution in [3.8, 4) is 0 Å². The molecule has 4 rings (SSSR count). The lowest BCUT2D eigenvalue weighted by Crippen LogP contribution is -2.48. The van der Waals surface area contributed by atoms with Gasteiger partial charge < -0.3 is 5.32 Å². The summed E-state index contributed by atoms with van der Waals surface area (Å²) in [7, 11) is 0. The predicted molar refractivity (Wildman–Crippen MR) is 117 cm³/mol. The van der Waals surface area contributed by atoms with E-state index >= 15 is 0 Å². The second-order valence-electron chi connectivity index (χ2n) is 7.51. The minimum absolute atomic E-state index is 0.0919. The van der Waals surface area contributed by atoms with Crippen molar-refractivity contribution in [2.24, 2.45) is 0 Å². The zero-order valence-corrected chi connectivity index (χ0v) is 16.7. The van der Waals surface area contributed by atoms with Crippen LogP contribution in [-0.4, -0.2) is 53.4 Å². The molecule has 1 aliphatic rings. The zero-order valence-electron chi connectivity index (χ0n) is 16.7. The minimum atomic E-state index is -0.484. The smallest absolute Gasteiger partial charge is 0.292 e. The average molecular weight is 404 g/mol. The van der Waals surface area contributed by atoms with Crippen molar-refractivity contribution >= 4 is 28.1 Å². The molecular weight excluding hydrogens is 380 g/mol. The van der Waals surface area contributed by atoms with Crippen LogP contribution in [-0.2, 0) is 11.3 Å². The van der Waals surface area contributed by atoms with Gasteiger partial charge in [0.05, 0.1) is 11.5 Å². The molecule has 1 saturated heterocycles. The fourth-order valence-electron chi connectivity index (χ4n) is 3.91. The molecule has 1 amide bonds. The third-order valence-electron chi connectivity index (χ3n) is 5.48. The van der Waals surface area contributed by atoms with Gasteiger partial charge in [-0.15, -0.1) is 0 Å². The first-order valence-corrected chi connectivity index (χ1v) is 10.0. The molecule has 7 heteroatoms. The number of nitro groups is 1. The van der Waals surface area contributed by atoms with Gasteiger partial charge in [-0.25, -0.2) is 0 Å². The highest BCUT2D eigenvalue weighted by Crippen LogP contribution is 2.23. The number of carbonyl (C=O) groups is 1. The summed E-state index contributed by atoms with van der Waals surface area (Å²) < 4.78 is 0. The molecule has 0 bridgehead atoms. The molecule has 0 unspecified atom stereocenters. The van der Waals surface area contributed by atoms with Crippen molar-refractivity contribution in [1.29, 1.82) is 0 Å². The number of nitrogens with zero attached hydrogens (tertiary/aromatic N) is 3. The number of hydrogen-bond donors (Lipinski definition) is 1. The van der Waals surface area contributed by atoms with Crippen LogP contribution in [0, 0.1) is 10.1 Å². The predicted octanol–water partition coefficient (Wildman–Crippen LogP) is 3.50. The number of para-hydroxylation sites is 2. The van der Waals surface area contributed by atoms with Gasteiger partial charge in [0.2, 0.25) is 5.91 Å². The quantitative estimate of drug-likeness (QED) is 0.502. The highest BCUT2D eigenvalue weighted by Gasteiger charge is 2.21. The van der Waals surface area contributed by atoms with Crippen LogP contribution in [0.3, 0.4) is 0 Å². The van der Waals surface area contributed by atoms with E-state index in [1.54, 1.807) is 18.2 Å². The topological polar surface area (TPSA) is 78.7 Å². The van der Waals surface area contributed by atoms with Crippen LogP contribution in [0.25, 0.3) is 10.8 Å². The molecule has 0 spiro atoms. The van der Waals surface area contributed by atoms with E-state index in [4.69, 9.17) is 0 Å². The van der Waals surface area contributed by atoms with Crippen molar-refractivity contribution in [2.75, 3.05) is 38.0 Å². The Hall–Kier alpha value is -3.29. The Morgan fingerprint density at radius 2 is 1.57 bits per heavy atom. The third-order valence-corrected chi connectivity index (χ3v) is 5.48. The summed E-state index contributed by atoms with van der Waals surface area (Å²) in [5, 5.41) is 16.3. The van der Waals surface area contributed by atoms with E-state index in [-0.39, 0.29) is 23.8 Å². The fourth-order valence-corrected chi connectivity index (χ4v) is 3.91. The number of carbonyl (C=O) groups excluding carboxylic acids is 1. The molecule has 0 radical (unpaired) electrons. The summed E-state index contributed by atoms with van der Waals surface area (Å²) >= 11 is 0. The van der Waals surface area contributed by atoms with E-state index in [9.17, 15) is 14.9 Å². The van der Waals surface area contributed by atoms with E-state index < -0.39 is 4.92 Å². The zero-order chi connectivity index (χ0) is 20.9. The number of rotatable bonds is 6. The first-order valence-electron chi connectivity index (χ1n) is 10.0. The summed E-state index contributed by atoms with van der Waals surface area (Å²) in [6.07, 6.45) is 0. The van der Waals surface area contributed by atoms with E-state index in [0.29, 0.717) is 0 Å². The normalized spacial score (nSPS) is 15.2. The average Bonchev–Trinajstić information content (AvgIpc) is 2.75. The maximum Gasteiger partial charge on any atom is 0.292 e. The molecule has 7 nitrogen and oxygen atoms in total. The number of amides is 1. The van der Waals surface area contributed by atoms with Crippen molar-refractivity contribution in [1.82, 2.24) is 9.80 Å². The molecular formula is C23H24N4O3. The highest BCUT2D eigenvalue weighted by molar-refractivity contribution is 5.94. The molecule has 30 heavy (non-hydrogen) atoms. The van der Waals surface area contributed by atoms with Gasteiger partial charge in [-0.1, -0.05) is 54.6 Å². The Morgan fingerprint density at radius 1 is 0.900 bits per heavy atom. The fraction of sp³-hybridized carbons (Fsp3) is 0.261. The summed E-state index contributed by atoms with van der Waals surface area (Å²) in [5.74, 6) is -0.230. The highest BCUT2D eigenvalue weighted by atomic mass is 16.6. The summed E-state index contributed by atoms with van der Waals surface area (Å²) in [6.45, 7) is 4.44. The van der Waals surface area contributed by atoms with Gasteiger partial charge in [0.1, 0.15) is 5.69 Å². The summed E-state index contributed by atoms with van der Waals surface area (Å²) in [4.78, 5) is 27.5. The standard InChI is InChI=1S/C23H24N4O3/c28-23(24-21-10-3-4-11-22(21)27(29)30)17-26-14-12-25(13-15-26)16-19-8-5-7-18-6-1-2-9-20(18)19/h1-11H,12-17H2,(H,24,28). The van der Waals surface area contributed by atoms with Crippen molar-refractivity contribution < 1.29 is 9.72 Å². The van der Waals surface area contributed by atoms with Crippen LogP contribution in [0.4, 0.5) is 11.4 Å². The van der Waals surface area contributed by atoms with Gasteiger partial charge in [-0.3, -0.25) is 24.7 Å². The molecule has 1 N–H and O–H groups in total. The van der Waals surface area contributed by atoms with Crippen LogP contribution >= 0.6 is 0 Å². The number of nitrogens with one attached hydrogen (secondary N) is 1. The van der Waals surface area contributed by atoms with Crippen molar-refractivity contribution in [3.05, 3.63) is 82.4 Å². The summed E-state index contributed by atoms with van der Waals surface area (Å²) in [6, 6.07) is 21.0. The second kappa shape index (κ2) is 9.02. The molecule has 0 aromatic heterocycles. The van der Waals surface area contributed by atoms with Gasteiger partial charge in [-0.2, -0.15) is 0 Å². The van der Waals surface area contributed by atoms with Gasteiger partial charge in [0.15, 0.2) is 0 Å². The van der Waals surface area contributed by atoms with Gasteiger partial charge >= 0.3 is 0 Å². The lowest BCUT2D eigenvalue weighted by molar-refractivity contribution is -0.383. The van der Waals surface area contributed by atoms with E-state index in [2.05, 4.69) is 57.6 Å². The van der Waals surface area contributed by atoms with Crippen LogP contribution in [0.1, 0.15) is 5.56 Å². The van der Waals surface area contributed by atoms with Crippen LogP contribution in [0.5, 0.6) is 0 Å². The van der Waals surface area contributed by atoms with Crippen LogP contribution in [0.15, 0.2) is 66.7 Å². The molecule has 3 aromatic carbocycles. The van der Waals surface area contributed by atoms with Crippen LogP contribution < -0.4 is 5.32 Å². The molecule has 154 valence electrons. The Labute approximate surface area is 175 Å². The number of anilines is 1. The van der Waals surface area contributed by atoms with E-state index in [1.807, 2.05) is 0 Å². The van der Waals surface area contributed by atoms with E-state index in [1.165, 1.54) is 22.4 Å². The Morgan fingerprint density at radius 3 is 2.37 bits per heavy atom. The lowest BCUT2D eigenvalue weighted by atomic mass is 10.0. The largest absolute Gasteiger partial charge is 0.319 e. The van der Waals surface area contributed by atoms with Gasteiger partial charge in [0, 0.05) is 38.8 Å². The second-order valence-corrected chi connectivity index (χ2v) is 7.51. The molecule has 0 aliphatic carbocycles. The van der Waals surface area contributed by atoms with Crippen molar-refractivity contribution in [3.63, 3.8) is 0 Å². The minimum Gasteiger partial charge on any atom is -0.319 e. The van der Waals surface area contributed by atoms with Crippen molar-refractivity contribution in [2.45, 2.75) is 6.54 Å². The Balaban J connectivity index is 1.31.